The fraction of sp³-hybridized carbons (Fsp3) is 0.945. The number of esters is 3. The monoisotopic (exact) mass is 1340 g/mol. The molecule has 0 aliphatic heterocycles. The highest BCUT2D eigenvalue weighted by Crippen LogP contribution is 2.60. The van der Waals surface area contributed by atoms with E-state index in [1.54, 1.807) is 34.6 Å². The molecule has 530 valence electrons. The molecular formula is C55H93F13O21. The molecule has 0 spiro atoms. The average molecular weight is 1340 g/mol. The van der Waals surface area contributed by atoms with E-state index in [1.807, 2.05) is 0 Å². The van der Waals surface area contributed by atoms with Crippen LogP contribution >= 0.6 is 0 Å². The molecule has 0 saturated heterocycles. The van der Waals surface area contributed by atoms with E-state index in [0.29, 0.717) is 66.1 Å². The Hall–Kier alpha value is -3.10. The van der Waals surface area contributed by atoms with Crippen molar-refractivity contribution in [3.63, 3.8) is 0 Å². The van der Waals surface area contributed by atoms with Crippen LogP contribution in [0.1, 0.15) is 81.1 Å². The van der Waals surface area contributed by atoms with Crippen molar-refractivity contribution in [1.29, 1.82) is 0 Å². The molecule has 0 aliphatic carbocycles. The van der Waals surface area contributed by atoms with Gasteiger partial charge in [-0.15, -0.1) is 0 Å². The normalized spacial score (nSPS) is 16.1. The zero-order valence-corrected chi connectivity index (χ0v) is 51.8. The molecule has 89 heavy (non-hydrogen) atoms. The lowest BCUT2D eigenvalue weighted by Crippen LogP contribution is -2.70. The van der Waals surface area contributed by atoms with Crippen molar-refractivity contribution in [2.75, 3.05) is 165 Å². The van der Waals surface area contributed by atoms with Crippen molar-refractivity contribution in [2.45, 2.75) is 153 Å². The van der Waals surface area contributed by atoms with Gasteiger partial charge in [0.1, 0.15) is 13.2 Å². The third-order valence-electron chi connectivity index (χ3n) is 12.3. The van der Waals surface area contributed by atoms with Gasteiger partial charge in [0.15, 0.2) is 0 Å². The lowest BCUT2D eigenvalue weighted by molar-refractivity contribution is -0.440. The Bertz CT molecular complexity index is 1830. The number of rotatable bonds is 58. The third kappa shape index (κ3) is 35.1. The van der Waals surface area contributed by atoms with E-state index in [-0.39, 0.29) is 111 Å². The number of carbonyl (C=O) groups is 3. The highest BCUT2D eigenvalue weighted by atomic mass is 19.4. The zero-order valence-electron chi connectivity index (χ0n) is 51.8. The lowest BCUT2D eigenvalue weighted by Gasteiger charge is -2.39. The number of aliphatic hydroxyl groups excluding tert-OH is 2. The van der Waals surface area contributed by atoms with E-state index in [4.69, 9.17) is 76.2 Å². The minimum absolute atomic E-state index is 0.0137. The second-order valence-electron chi connectivity index (χ2n) is 20.6. The number of alkyl halides is 13. The molecule has 0 aromatic heterocycles. The molecule has 0 saturated carbocycles. The largest absolute Gasteiger partial charge is 0.465 e. The van der Waals surface area contributed by atoms with Gasteiger partial charge in [-0.2, -0.15) is 57.1 Å². The summed E-state index contributed by atoms with van der Waals surface area (Å²) in [6.45, 7) is 15.4. The van der Waals surface area contributed by atoms with Crippen molar-refractivity contribution >= 4 is 17.9 Å². The molecule has 9 atom stereocenters. The van der Waals surface area contributed by atoms with Crippen LogP contribution in [0.5, 0.6) is 0 Å². The van der Waals surface area contributed by atoms with Crippen molar-refractivity contribution in [1.82, 2.24) is 0 Å². The summed E-state index contributed by atoms with van der Waals surface area (Å²) in [5.74, 6) is -45.7. The third-order valence-corrected chi connectivity index (χ3v) is 12.3. The zero-order chi connectivity index (χ0) is 67.7. The fourth-order valence-electron chi connectivity index (χ4n) is 7.05. The topological polar surface area (TPSA) is 239 Å². The number of hydrogen-bond acceptors (Lipinski definition) is 21. The number of hydrogen-bond donors (Lipinski definition) is 2. The molecule has 0 aliphatic rings. The first-order chi connectivity index (χ1) is 41.6. The fourth-order valence-corrected chi connectivity index (χ4v) is 7.05. The van der Waals surface area contributed by atoms with Gasteiger partial charge >= 0.3 is 53.7 Å². The maximum absolute atomic E-state index is 14.5. The molecule has 21 nitrogen and oxygen atoms in total. The number of carbonyl (C=O) groups excluding carboxylic acids is 3. The molecule has 2 N–H and O–H groups in total. The van der Waals surface area contributed by atoms with E-state index in [0.717, 1.165) is 0 Å². The maximum atomic E-state index is 14.5. The van der Waals surface area contributed by atoms with Crippen molar-refractivity contribution in [3.05, 3.63) is 0 Å². The van der Waals surface area contributed by atoms with Gasteiger partial charge in [0.05, 0.1) is 213 Å². The first-order valence-corrected chi connectivity index (χ1v) is 29.1. The summed E-state index contributed by atoms with van der Waals surface area (Å²) < 4.78 is 264. The van der Waals surface area contributed by atoms with Crippen molar-refractivity contribution < 1.29 is 157 Å². The number of halogens is 13. The Morgan fingerprint density at radius 1 is 0.360 bits per heavy atom. The standard InChI is InChI=1S/C55H93F13O21/c1-9-45(48(72)82-12-10-50(56,57)51(58,59)52(60,61)53(62,63)54(64,65)55(66,67)68)31-46(49(73)89-37-44(8)88-36-43(7)87-35-42(6)86-34-41(5)85-33-40(4)84-32-39(3)70)30-38(2)47(71)83-29-28-81-27-26-80-25-24-79-23-22-78-21-20-77-19-18-76-17-16-75-15-14-74-13-11-69/h38-46,69-70H,9-37H2,1-8H3. The minimum atomic E-state index is -8.10. The van der Waals surface area contributed by atoms with Crippen LogP contribution in [0, 0.1) is 17.8 Å². The van der Waals surface area contributed by atoms with E-state index in [9.17, 15) is 76.6 Å². The number of aliphatic hydroxyl groups is 2. The average Bonchev–Trinajstić information content (AvgIpc) is 1.23. The molecule has 0 aromatic carbocycles. The van der Waals surface area contributed by atoms with E-state index < -0.39 is 122 Å². The van der Waals surface area contributed by atoms with Crippen LogP contribution in [0.15, 0.2) is 0 Å². The van der Waals surface area contributed by atoms with Gasteiger partial charge in [-0.25, -0.2) is 0 Å². The van der Waals surface area contributed by atoms with Gasteiger partial charge in [0, 0.05) is 0 Å². The summed E-state index contributed by atoms with van der Waals surface area (Å²) in [6, 6.07) is 0. The van der Waals surface area contributed by atoms with Crippen molar-refractivity contribution in [2.24, 2.45) is 17.8 Å². The Kier molecular flexibility index (Phi) is 44.5. The van der Waals surface area contributed by atoms with E-state index in [1.165, 1.54) is 20.8 Å². The van der Waals surface area contributed by atoms with Gasteiger partial charge in [-0.05, 0) is 60.8 Å². The van der Waals surface area contributed by atoms with Crippen LogP contribution in [0.25, 0.3) is 0 Å². The van der Waals surface area contributed by atoms with Crippen LogP contribution in [0.4, 0.5) is 57.1 Å². The number of ether oxygens (including phenoxy) is 16. The molecule has 0 radical (unpaired) electrons. The smallest absolute Gasteiger partial charge is 0.460 e. The predicted molar refractivity (Wildman–Crippen MR) is 286 cm³/mol. The van der Waals surface area contributed by atoms with Gasteiger partial charge in [-0.3, -0.25) is 14.4 Å². The SMILES string of the molecule is CCC(CC(CC(C)C(=O)OCCOCCOCCOCCOCCOCCOCCOCCOCCO)C(=O)OCC(C)OCC(C)OCC(C)OCC(C)OCC(C)OCC(C)O)C(=O)OCCC(F)(F)C(F)(F)C(F)(F)C(F)(F)C(F)(F)C(F)(F)F. The molecule has 9 unspecified atom stereocenters. The van der Waals surface area contributed by atoms with E-state index in [2.05, 4.69) is 4.74 Å². The van der Waals surface area contributed by atoms with Gasteiger partial charge < -0.3 is 86.0 Å². The minimum Gasteiger partial charge on any atom is -0.465 e. The molecule has 0 aromatic rings. The highest BCUT2D eigenvalue weighted by Gasteiger charge is 2.90. The molecule has 0 bridgehead atoms. The van der Waals surface area contributed by atoms with Crippen molar-refractivity contribution in [3.8, 4) is 0 Å². The van der Waals surface area contributed by atoms with Gasteiger partial charge in [0.25, 0.3) is 0 Å². The second-order valence-corrected chi connectivity index (χ2v) is 20.6. The summed E-state index contributed by atoms with van der Waals surface area (Å²) in [4.78, 5) is 39.8. The predicted octanol–water partition coefficient (Wildman–Crippen LogP) is 7.34. The Labute approximate surface area is 510 Å². The first-order valence-electron chi connectivity index (χ1n) is 29.1. The van der Waals surface area contributed by atoms with Gasteiger partial charge in [0.2, 0.25) is 0 Å². The first kappa shape index (κ1) is 85.9. The summed E-state index contributed by atoms with van der Waals surface area (Å²) in [7, 11) is 0. The molecule has 0 fully saturated rings. The molecule has 0 rings (SSSR count). The summed E-state index contributed by atoms with van der Waals surface area (Å²) in [5, 5.41) is 18.0. The molecule has 0 amide bonds. The second kappa shape index (κ2) is 46.1. The van der Waals surface area contributed by atoms with Crippen LogP contribution in [-0.4, -0.2) is 266 Å². The lowest BCUT2D eigenvalue weighted by atomic mass is 9.86. The Morgan fingerprint density at radius 2 is 0.674 bits per heavy atom. The Balaban J connectivity index is 5.31. The van der Waals surface area contributed by atoms with Gasteiger partial charge in [-0.1, -0.05) is 13.8 Å². The van der Waals surface area contributed by atoms with E-state index >= 15 is 0 Å². The molecular weight excluding hydrogens is 1240 g/mol. The van der Waals surface area contributed by atoms with Crippen LogP contribution in [0.3, 0.4) is 0 Å². The summed E-state index contributed by atoms with van der Waals surface area (Å²) in [6.07, 6.45) is -14.6. The molecule has 0 heterocycles. The summed E-state index contributed by atoms with van der Waals surface area (Å²) >= 11 is 0. The highest BCUT2D eigenvalue weighted by molar-refractivity contribution is 5.77. The molecule has 34 heteroatoms. The maximum Gasteiger partial charge on any atom is 0.460 e. The van der Waals surface area contributed by atoms with Crippen LogP contribution < -0.4 is 0 Å². The quantitative estimate of drug-likeness (QED) is 0.0262. The van der Waals surface area contributed by atoms with Crippen LogP contribution in [-0.2, 0) is 90.2 Å². The summed E-state index contributed by atoms with van der Waals surface area (Å²) in [5.41, 5.74) is 0. The van der Waals surface area contributed by atoms with Crippen LogP contribution in [0.2, 0.25) is 0 Å². The Morgan fingerprint density at radius 3 is 1.02 bits per heavy atom.